The van der Waals surface area contributed by atoms with Crippen LogP contribution in [0.4, 0.5) is 0 Å². The van der Waals surface area contributed by atoms with Crippen molar-refractivity contribution in [3.05, 3.63) is 12.2 Å². The van der Waals surface area contributed by atoms with Crippen LogP contribution in [0.5, 0.6) is 0 Å². The second-order valence-corrected chi connectivity index (χ2v) is 12.3. The molecule has 0 radical (unpaired) electrons. The molecule has 4 heteroatoms. The Morgan fingerprint density at radius 1 is 1.43 bits per heavy atom. The van der Waals surface area contributed by atoms with Crippen molar-refractivity contribution in [1.82, 2.24) is 0 Å². The van der Waals surface area contributed by atoms with E-state index in [0.717, 1.165) is 6.16 Å². The summed E-state index contributed by atoms with van der Waals surface area (Å²) in [4.78, 5) is 0. The molecule has 1 nitrogen and oxygen atoms in total. The molecule has 1 atom stereocenters. The maximum absolute atomic E-state index is 5.80. The van der Waals surface area contributed by atoms with Gasteiger partial charge in [0.25, 0.3) is 0 Å². The van der Waals surface area contributed by atoms with E-state index in [2.05, 4.69) is 27.7 Å². The molecule has 0 aliphatic carbocycles. The lowest BCUT2D eigenvalue weighted by atomic mass is 10.3. The van der Waals surface area contributed by atoms with Crippen LogP contribution in [0.15, 0.2) is 12.2 Å². The van der Waals surface area contributed by atoms with E-state index in [1.54, 1.807) is 0 Å². The van der Waals surface area contributed by atoms with Crippen LogP contribution in [0.1, 0.15) is 34.6 Å². The SMILES string of the molecule is CC=CCOP(=S)(CC)SC(C)(C)C. The summed E-state index contributed by atoms with van der Waals surface area (Å²) in [5.74, 6) is 0. The third-order valence-corrected chi connectivity index (χ3v) is 8.88. The molecular formula is C10H21OPS2. The highest BCUT2D eigenvalue weighted by molar-refractivity contribution is 8.69. The van der Waals surface area contributed by atoms with Gasteiger partial charge in [0, 0.05) is 10.9 Å². The zero-order chi connectivity index (χ0) is 11.2. The van der Waals surface area contributed by atoms with Crippen LogP contribution in [0.25, 0.3) is 0 Å². The lowest BCUT2D eigenvalue weighted by molar-refractivity contribution is 0.411. The molecule has 0 heterocycles. The number of hydrogen-bond donors (Lipinski definition) is 0. The van der Waals surface area contributed by atoms with Crippen molar-refractivity contribution in [2.24, 2.45) is 0 Å². The molecule has 0 aromatic carbocycles. The van der Waals surface area contributed by atoms with Gasteiger partial charge in [-0.1, -0.05) is 63.0 Å². The van der Waals surface area contributed by atoms with Gasteiger partial charge in [-0.05, 0) is 6.92 Å². The van der Waals surface area contributed by atoms with E-state index in [0.29, 0.717) is 6.61 Å². The molecule has 0 aromatic heterocycles. The fourth-order valence-corrected chi connectivity index (χ4v) is 7.79. The lowest BCUT2D eigenvalue weighted by Crippen LogP contribution is -2.08. The van der Waals surface area contributed by atoms with Crippen LogP contribution < -0.4 is 0 Å². The molecule has 0 rings (SSSR count). The summed E-state index contributed by atoms with van der Waals surface area (Å²) in [6.45, 7) is 11.3. The zero-order valence-electron chi connectivity index (χ0n) is 9.74. The Labute approximate surface area is 97.5 Å². The van der Waals surface area contributed by atoms with Gasteiger partial charge in [0.05, 0.1) is 6.61 Å². The Bertz CT molecular complexity index is 231. The van der Waals surface area contributed by atoms with E-state index < -0.39 is 5.47 Å². The van der Waals surface area contributed by atoms with Crippen molar-refractivity contribution in [1.29, 1.82) is 0 Å². The Morgan fingerprint density at radius 3 is 2.36 bits per heavy atom. The summed E-state index contributed by atoms with van der Waals surface area (Å²) in [5.41, 5.74) is -1.65. The van der Waals surface area contributed by atoms with E-state index in [1.165, 1.54) is 0 Å². The lowest BCUT2D eigenvalue weighted by Gasteiger charge is -2.27. The van der Waals surface area contributed by atoms with Crippen LogP contribution in [0.2, 0.25) is 0 Å². The van der Waals surface area contributed by atoms with E-state index >= 15 is 0 Å². The summed E-state index contributed by atoms with van der Waals surface area (Å²) in [6.07, 6.45) is 4.97. The fourth-order valence-electron chi connectivity index (χ4n) is 0.852. The van der Waals surface area contributed by atoms with Gasteiger partial charge in [0.1, 0.15) is 5.47 Å². The van der Waals surface area contributed by atoms with Crippen LogP contribution in [-0.2, 0) is 16.3 Å². The van der Waals surface area contributed by atoms with Crippen molar-refractivity contribution in [2.45, 2.75) is 39.4 Å². The predicted octanol–water partition coefficient (Wildman–Crippen LogP) is 4.44. The van der Waals surface area contributed by atoms with Crippen LogP contribution >= 0.6 is 16.8 Å². The minimum atomic E-state index is -1.65. The van der Waals surface area contributed by atoms with Crippen LogP contribution in [0, 0.1) is 0 Å². The number of allylic oxidation sites excluding steroid dienone is 1. The van der Waals surface area contributed by atoms with Gasteiger partial charge in [0.2, 0.25) is 0 Å². The number of hydrogen-bond acceptors (Lipinski definition) is 3. The van der Waals surface area contributed by atoms with E-state index in [4.69, 9.17) is 16.3 Å². The monoisotopic (exact) mass is 252 g/mol. The highest BCUT2D eigenvalue weighted by Crippen LogP contribution is 2.64. The predicted molar refractivity (Wildman–Crippen MR) is 72.9 cm³/mol. The summed E-state index contributed by atoms with van der Waals surface area (Å²) in [6, 6.07) is 0. The molecule has 0 aliphatic rings. The average molecular weight is 252 g/mol. The molecule has 0 amide bonds. The van der Waals surface area contributed by atoms with Gasteiger partial charge < -0.3 is 4.52 Å². The third kappa shape index (κ3) is 7.05. The molecule has 0 saturated heterocycles. The summed E-state index contributed by atoms with van der Waals surface area (Å²) < 4.78 is 5.99. The third-order valence-electron chi connectivity index (χ3n) is 1.40. The molecular weight excluding hydrogens is 231 g/mol. The minimum absolute atomic E-state index is 0.196. The second-order valence-electron chi connectivity index (χ2n) is 4.00. The Kier molecular flexibility index (Phi) is 6.63. The molecule has 0 N–H and O–H groups in total. The summed E-state index contributed by atoms with van der Waals surface area (Å²) in [5, 5.41) is 0. The highest BCUT2D eigenvalue weighted by atomic mass is 32.9. The van der Waals surface area contributed by atoms with Gasteiger partial charge >= 0.3 is 0 Å². The molecule has 84 valence electrons. The Morgan fingerprint density at radius 2 is 2.00 bits per heavy atom. The van der Waals surface area contributed by atoms with Crippen LogP contribution in [0.3, 0.4) is 0 Å². The molecule has 1 unspecified atom stereocenters. The van der Waals surface area contributed by atoms with Gasteiger partial charge in [0.15, 0.2) is 0 Å². The van der Waals surface area contributed by atoms with E-state index in [1.807, 2.05) is 30.5 Å². The molecule has 14 heavy (non-hydrogen) atoms. The van der Waals surface area contributed by atoms with E-state index in [9.17, 15) is 0 Å². The van der Waals surface area contributed by atoms with Crippen molar-refractivity contribution < 1.29 is 4.52 Å². The maximum Gasteiger partial charge on any atom is 0.120 e. The molecule has 0 bridgehead atoms. The first-order valence-electron chi connectivity index (χ1n) is 4.88. The molecule has 0 aliphatic heterocycles. The van der Waals surface area contributed by atoms with Crippen molar-refractivity contribution in [3.8, 4) is 0 Å². The largest absolute Gasteiger partial charge is 0.337 e. The van der Waals surface area contributed by atoms with Crippen LogP contribution in [-0.4, -0.2) is 17.5 Å². The normalized spacial score (nSPS) is 17.2. The van der Waals surface area contributed by atoms with Gasteiger partial charge in [-0.25, -0.2) is 0 Å². The first kappa shape index (κ1) is 14.7. The van der Waals surface area contributed by atoms with Crippen molar-refractivity contribution in [2.75, 3.05) is 12.8 Å². The van der Waals surface area contributed by atoms with Gasteiger partial charge in [-0.3, -0.25) is 0 Å². The quantitative estimate of drug-likeness (QED) is 0.529. The minimum Gasteiger partial charge on any atom is -0.337 e. The Hall–Kier alpha value is 0.700. The second kappa shape index (κ2) is 6.32. The molecule has 0 aromatic rings. The van der Waals surface area contributed by atoms with Crippen molar-refractivity contribution in [3.63, 3.8) is 0 Å². The topological polar surface area (TPSA) is 9.23 Å². The number of rotatable bonds is 5. The highest BCUT2D eigenvalue weighted by Gasteiger charge is 2.24. The zero-order valence-corrected chi connectivity index (χ0v) is 12.3. The Balaban J connectivity index is 4.26. The first-order chi connectivity index (χ1) is 6.33. The molecule has 0 fully saturated rings. The fraction of sp³-hybridized carbons (Fsp3) is 0.800. The van der Waals surface area contributed by atoms with E-state index in [-0.39, 0.29) is 4.75 Å². The standard InChI is InChI=1S/C10H21OPS2/c1-6-8-9-11-12(13,7-2)14-10(3,4)5/h6,8H,7,9H2,1-5H3. The molecule has 0 spiro atoms. The summed E-state index contributed by atoms with van der Waals surface area (Å²) >= 11 is 7.41. The molecule has 0 saturated carbocycles. The summed E-state index contributed by atoms with van der Waals surface area (Å²) in [7, 11) is 0. The average Bonchev–Trinajstić information content (AvgIpc) is 2.02. The van der Waals surface area contributed by atoms with Gasteiger partial charge in [-0.15, -0.1) is 0 Å². The van der Waals surface area contributed by atoms with Crippen molar-refractivity contribution >= 4 is 28.7 Å². The smallest absolute Gasteiger partial charge is 0.120 e. The van der Waals surface area contributed by atoms with Gasteiger partial charge in [-0.2, -0.15) is 0 Å². The first-order valence-corrected chi connectivity index (χ1v) is 9.21. The maximum atomic E-state index is 5.80.